The lowest BCUT2D eigenvalue weighted by Crippen LogP contribution is -2.45. The number of esters is 1. The molecule has 1 N–H and O–H groups in total. The van der Waals surface area contributed by atoms with Gasteiger partial charge >= 0.3 is 18.1 Å². The fourth-order valence-corrected chi connectivity index (χ4v) is 6.18. The highest BCUT2D eigenvalue weighted by Crippen LogP contribution is 2.42. The average molecular weight is 682 g/mol. The largest absolute Gasteiger partial charge is 0.494 e. The van der Waals surface area contributed by atoms with Gasteiger partial charge < -0.3 is 14.6 Å². The predicted octanol–water partition coefficient (Wildman–Crippen LogP) is 8.56. The Morgan fingerprint density at radius 2 is 1.58 bits per heavy atom. The first-order valence-corrected chi connectivity index (χ1v) is 16.1. The standard InChI is InChI=1S/C38H39ClF3NO5/c1-3-47-36(46)37(2,30-17-8-5-9-18-30)33(28-14-6-4-7-15-28)26-43(25-29-16-11-20-32(35(29)39)38(40,41)42)21-12-22-48-31-19-10-13-27(23-31)24-34(44)45/h4-11,13-20,23,33H,3,12,21-22,24-26H2,1-2H3,(H,44,45). The summed E-state index contributed by atoms with van der Waals surface area (Å²) in [5, 5.41) is 8.77. The van der Waals surface area contributed by atoms with Gasteiger partial charge in [0.25, 0.3) is 0 Å². The van der Waals surface area contributed by atoms with Crippen LogP contribution < -0.4 is 4.74 Å². The molecule has 0 amide bonds. The molecule has 0 saturated carbocycles. The second kappa shape index (κ2) is 16.7. The molecule has 0 saturated heterocycles. The van der Waals surface area contributed by atoms with Crippen LogP contribution >= 0.6 is 11.6 Å². The van der Waals surface area contributed by atoms with Crippen molar-refractivity contribution in [2.24, 2.45) is 0 Å². The number of nitrogens with zero attached hydrogens (tertiary/aromatic N) is 1. The second-order valence-corrected chi connectivity index (χ2v) is 12.1. The summed E-state index contributed by atoms with van der Waals surface area (Å²) in [6.07, 6.45) is -4.28. The Bertz CT molecular complexity index is 1650. The Morgan fingerprint density at radius 1 is 0.917 bits per heavy atom. The van der Waals surface area contributed by atoms with E-state index in [4.69, 9.17) is 26.2 Å². The number of hydrogen-bond donors (Lipinski definition) is 1. The predicted molar refractivity (Wildman–Crippen MR) is 179 cm³/mol. The number of benzene rings is 4. The van der Waals surface area contributed by atoms with Gasteiger partial charge in [-0.3, -0.25) is 14.5 Å². The molecule has 0 fully saturated rings. The van der Waals surface area contributed by atoms with Gasteiger partial charge in [0.05, 0.1) is 35.6 Å². The highest BCUT2D eigenvalue weighted by atomic mass is 35.5. The van der Waals surface area contributed by atoms with Gasteiger partial charge in [0.15, 0.2) is 0 Å². The van der Waals surface area contributed by atoms with Crippen LogP contribution in [-0.2, 0) is 38.9 Å². The molecule has 4 aromatic rings. The van der Waals surface area contributed by atoms with Crippen LogP contribution in [-0.4, -0.2) is 48.2 Å². The monoisotopic (exact) mass is 681 g/mol. The van der Waals surface area contributed by atoms with E-state index in [1.165, 1.54) is 6.07 Å². The molecule has 4 rings (SSSR count). The van der Waals surface area contributed by atoms with Crippen LogP contribution in [0.25, 0.3) is 0 Å². The molecule has 6 nitrogen and oxygen atoms in total. The Morgan fingerprint density at radius 3 is 2.23 bits per heavy atom. The zero-order valence-corrected chi connectivity index (χ0v) is 27.6. The summed E-state index contributed by atoms with van der Waals surface area (Å²) in [5.74, 6) is -1.32. The lowest BCUT2D eigenvalue weighted by molar-refractivity contribution is -0.151. The maximum absolute atomic E-state index is 13.9. The molecule has 2 atom stereocenters. The van der Waals surface area contributed by atoms with Crippen molar-refractivity contribution in [3.63, 3.8) is 0 Å². The molecule has 0 bridgehead atoms. The Hall–Kier alpha value is -4.34. The molecule has 254 valence electrons. The van der Waals surface area contributed by atoms with Gasteiger partial charge in [-0.15, -0.1) is 0 Å². The number of halogens is 4. The number of ether oxygens (including phenoxy) is 2. The van der Waals surface area contributed by atoms with Gasteiger partial charge in [-0.2, -0.15) is 13.2 Å². The molecule has 0 heterocycles. The van der Waals surface area contributed by atoms with Crippen LogP contribution in [0.4, 0.5) is 13.2 Å². The molecule has 0 spiro atoms. The van der Waals surface area contributed by atoms with Crippen molar-refractivity contribution >= 4 is 23.5 Å². The van der Waals surface area contributed by atoms with Gasteiger partial charge in [-0.1, -0.05) is 96.5 Å². The van der Waals surface area contributed by atoms with Gasteiger partial charge in [0.2, 0.25) is 0 Å². The van der Waals surface area contributed by atoms with Crippen molar-refractivity contribution in [1.29, 1.82) is 0 Å². The van der Waals surface area contributed by atoms with Crippen LogP contribution in [0.2, 0.25) is 5.02 Å². The highest BCUT2D eigenvalue weighted by molar-refractivity contribution is 6.32. The highest BCUT2D eigenvalue weighted by Gasteiger charge is 2.45. The zero-order valence-electron chi connectivity index (χ0n) is 26.9. The third-order valence-corrected chi connectivity index (χ3v) is 8.78. The van der Waals surface area contributed by atoms with Crippen molar-refractivity contribution in [2.45, 2.75) is 50.7 Å². The normalized spacial score (nSPS) is 13.5. The summed E-state index contributed by atoms with van der Waals surface area (Å²) in [4.78, 5) is 27.0. The number of carbonyl (C=O) groups excluding carboxylic acids is 1. The molecule has 0 aliphatic rings. The number of carboxylic acid groups (broad SMARTS) is 1. The summed E-state index contributed by atoms with van der Waals surface area (Å²) in [7, 11) is 0. The lowest BCUT2D eigenvalue weighted by atomic mass is 9.68. The van der Waals surface area contributed by atoms with E-state index < -0.39 is 35.0 Å². The van der Waals surface area contributed by atoms with E-state index in [0.29, 0.717) is 29.8 Å². The number of alkyl halides is 3. The zero-order chi connectivity index (χ0) is 34.7. The molecule has 0 aliphatic heterocycles. The molecular formula is C38H39ClF3NO5. The maximum Gasteiger partial charge on any atom is 0.417 e. The van der Waals surface area contributed by atoms with E-state index >= 15 is 0 Å². The SMILES string of the molecule is CCOC(=O)C(C)(c1ccccc1)C(CN(CCCOc1cccc(CC(=O)O)c1)Cc1cccc(C(F)(F)F)c1Cl)c1ccccc1. The van der Waals surface area contributed by atoms with Gasteiger partial charge in [-0.05, 0) is 60.7 Å². The average Bonchev–Trinajstić information content (AvgIpc) is 3.06. The van der Waals surface area contributed by atoms with Gasteiger partial charge in [0.1, 0.15) is 5.75 Å². The fourth-order valence-electron chi connectivity index (χ4n) is 5.89. The van der Waals surface area contributed by atoms with Crippen LogP contribution in [0.3, 0.4) is 0 Å². The van der Waals surface area contributed by atoms with Crippen LogP contribution in [0, 0.1) is 0 Å². The van der Waals surface area contributed by atoms with Crippen molar-refractivity contribution in [2.75, 3.05) is 26.3 Å². The van der Waals surface area contributed by atoms with Gasteiger partial charge in [0, 0.05) is 25.6 Å². The third kappa shape index (κ3) is 9.39. The lowest BCUT2D eigenvalue weighted by Gasteiger charge is -2.39. The van der Waals surface area contributed by atoms with Crippen molar-refractivity contribution in [1.82, 2.24) is 4.90 Å². The summed E-state index contributed by atoms with van der Waals surface area (Å²) >= 11 is 6.37. The fraction of sp³-hybridized carbons (Fsp3) is 0.316. The first-order chi connectivity index (χ1) is 22.9. The molecule has 2 unspecified atom stereocenters. The molecule has 48 heavy (non-hydrogen) atoms. The molecule has 0 radical (unpaired) electrons. The first kappa shape index (κ1) is 36.5. The molecular weight excluding hydrogens is 643 g/mol. The number of carbonyl (C=O) groups is 2. The van der Waals surface area contributed by atoms with Crippen LogP contribution in [0.1, 0.15) is 54.0 Å². The van der Waals surface area contributed by atoms with E-state index in [2.05, 4.69) is 0 Å². The van der Waals surface area contributed by atoms with Gasteiger partial charge in [-0.25, -0.2) is 0 Å². The van der Waals surface area contributed by atoms with Crippen LogP contribution in [0.15, 0.2) is 103 Å². The van der Waals surface area contributed by atoms with Crippen LogP contribution in [0.5, 0.6) is 5.75 Å². The molecule has 4 aromatic carbocycles. The van der Waals surface area contributed by atoms with Crippen molar-refractivity contribution in [3.05, 3.63) is 136 Å². The second-order valence-electron chi connectivity index (χ2n) is 11.7. The minimum absolute atomic E-state index is 0.0773. The van der Waals surface area contributed by atoms with Crippen molar-refractivity contribution in [3.8, 4) is 5.75 Å². The number of aliphatic carboxylic acids is 1. The summed E-state index contributed by atoms with van der Waals surface area (Å²) in [6, 6.07) is 29.6. The quantitative estimate of drug-likeness (QED) is 0.0944. The number of hydrogen-bond acceptors (Lipinski definition) is 5. The molecule has 0 aliphatic carbocycles. The smallest absolute Gasteiger partial charge is 0.417 e. The van der Waals surface area contributed by atoms with E-state index in [1.807, 2.05) is 72.5 Å². The van der Waals surface area contributed by atoms with E-state index in [1.54, 1.807) is 37.3 Å². The van der Waals surface area contributed by atoms with E-state index in [9.17, 15) is 22.8 Å². The Kier molecular flexibility index (Phi) is 12.7. The third-order valence-electron chi connectivity index (χ3n) is 8.33. The number of carboxylic acids is 1. The Labute approximate surface area is 284 Å². The summed E-state index contributed by atoms with van der Waals surface area (Å²) in [5.41, 5.74) is 0.452. The molecule has 0 aromatic heterocycles. The summed E-state index contributed by atoms with van der Waals surface area (Å²) in [6.45, 7) is 4.77. The number of rotatable bonds is 16. The summed E-state index contributed by atoms with van der Waals surface area (Å²) < 4.78 is 53.0. The molecule has 10 heteroatoms. The maximum atomic E-state index is 13.9. The van der Waals surface area contributed by atoms with E-state index in [0.717, 1.165) is 17.2 Å². The Balaban J connectivity index is 1.69. The first-order valence-electron chi connectivity index (χ1n) is 15.7. The minimum atomic E-state index is -4.62. The topological polar surface area (TPSA) is 76.1 Å². The van der Waals surface area contributed by atoms with Crippen molar-refractivity contribution < 1.29 is 37.3 Å². The van der Waals surface area contributed by atoms with E-state index in [-0.39, 0.29) is 37.7 Å². The minimum Gasteiger partial charge on any atom is -0.494 e.